The number of hydrogen-bond acceptors (Lipinski definition) is 3. The predicted molar refractivity (Wildman–Crippen MR) is 79.6 cm³/mol. The number of morpholine rings is 1. The van der Waals surface area contributed by atoms with Crippen LogP contribution in [0.15, 0.2) is 18.2 Å². The lowest BCUT2D eigenvalue weighted by molar-refractivity contribution is -0.0186. The molecule has 0 aliphatic carbocycles. The summed E-state index contributed by atoms with van der Waals surface area (Å²) in [5.74, 6) is -0.277. The van der Waals surface area contributed by atoms with E-state index in [4.69, 9.17) is 22.1 Å². The molecule has 112 valence electrons. The van der Waals surface area contributed by atoms with Crippen molar-refractivity contribution in [3.8, 4) is 0 Å². The number of rotatable bonds is 4. The van der Waals surface area contributed by atoms with Gasteiger partial charge in [-0.25, -0.2) is 4.39 Å². The van der Waals surface area contributed by atoms with Crippen LogP contribution in [0.5, 0.6) is 0 Å². The van der Waals surface area contributed by atoms with Gasteiger partial charge in [-0.1, -0.05) is 11.6 Å². The average Bonchev–Trinajstić information content (AvgIpc) is 2.43. The molecule has 0 radical (unpaired) electrons. The fourth-order valence-electron chi connectivity index (χ4n) is 2.56. The zero-order chi connectivity index (χ0) is 14.8. The van der Waals surface area contributed by atoms with E-state index in [0.717, 1.165) is 31.9 Å². The summed E-state index contributed by atoms with van der Waals surface area (Å²) in [6.07, 6.45) is 0.556. The van der Waals surface area contributed by atoms with Gasteiger partial charge in [0, 0.05) is 29.7 Å². The molecule has 1 heterocycles. The number of hydrogen-bond donors (Lipinski definition) is 1. The van der Waals surface area contributed by atoms with E-state index in [0.29, 0.717) is 11.4 Å². The third kappa shape index (κ3) is 3.50. The largest absolute Gasteiger partial charge is 0.379 e. The van der Waals surface area contributed by atoms with Crippen LogP contribution >= 0.6 is 11.6 Å². The molecule has 1 saturated heterocycles. The van der Waals surface area contributed by atoms with E-state index in [1.807, 2.05) is 0 Å². The molecule has 0 bridgehead atoms. The maximum Gasteiger partial charge on any atom is 0.123 e. The van der Waals surface area contributed by atoms with Gasteiger partial charge in [-0.05, 0) is 44.0 Å². The van der Waals surface area contributed by atoms with E-state index in [-0.39, 0.29) is 17.4 Å². The zero-order valence-corrected chi connectivity index (χ0v) is 12.8. The van der Waals surface area contributed by atoms with Crippen molar-refractivity contribution in [3.05, 3.63) is 34.6 Å². The van der Waals surface area contributed by atoms with Crippen molar-refractivity contribution in [2.24, 2.45) is 5.73 Å². The molecular formula is C15H22ClFN2O. The summed E-state index contributed by atoms with van der Waals surface area (Å²) in [6.45, 7) is 7.45. The molecule has 1 aromatic carbocycles. The molecule has 1 aromatic rings. The summed E-state index contributed by atoms with van der Waals surface area (Å²) in [5, 5.41) is 0.569. The number of ether oxygens (including phenoxy) is 1. The number of nitrogens with two attached hydrogens (primary N) is 1. The Morgan fingerprint density at radius 3 is 2.70 bits per heavy atom. The minimum atomic E-state index is -0.277. The SMILES string of the molecule is CC(C)(C(N)Cc1cc(F)ccc1Cl)N1CCOCC1. The number of nitrogens with zero attached hydrogens (tertiary/aromatic N) is 1. The van der Waals surface area contributed by atoms with E-state index in [9.17, 15) is 4.39 Å². The average molecular weight is 301 g/mol. The molecule has 3 nitrogen and oxygen atoms in total. The van der Waals surface area contributed by atoms with Crippen LogP contribution in [0, 0.1) is 5.82 Å². The van der Waals surface area contributed by atoms with Gasteiger partial charge in [-0.3, -0.25) is 4.90 Å². The smallest absolute Gasteiger partial charge is 0.123 e. The van der Waals surface area contributed by atoms with Gasteiger partial charge in [0.2, 0.25) is 0 Å². The lowest BCUT2D eigenvalue weighted by Crippen LogP contribution is -2.59. The molecule has 1 fully saturated rings. The van der Waals surface area contributed by atoms with Gasteiger partial charge in [0.15, 0.2) is 0 Å². The van der Waals surface area contributed by atoms with Gasteiger partial charge in [0.1, 0.15) is 5.82 Å². The first-order valence-corrected chi connectivity index (χ1v) is 7.31. The first-order chi connectivity index (χ1) is 9.41. The van der Waals surface area contributed by atoms with Crippen molar-refractivity contribution in [2.45, 2.75) is 31.8 Å². The van der Waals surface area contributed by atoms with Gasteiger partial charge >= 0.3 is 0 Å². The molecule has 1 unspecified atom stereocenters. The Hall–Kier alpha value is -0.680. The highest BCUT2D eigenvalue weighted by Gasteiger charge is 2.34. The van der Waals surface area contributed by atoms with Crippen molar-refractivity contribution >= 4 is 11.6 Å². The Bertz CT molecular complexity index is 461. The lowest BCUT2D eigenvalue weighted by Gasteiger charge is -2.44. The maximum atomic E-state index is 13.3. The van der Waals surface area contributed by atoms with Crippen LogP contribution in [-0.4, -0.2) is 42.8 Å². The first kappa shape index (κ1) is 15.7. The summed E-state index contributed by atoms with van der Waals surface area (Å²) in [7, 11) is 0. The molecule has 0 aromatic heterocycles. The molecule has 5 heteroatoms. The van der Waals surface area contributed by atoms with Crippen LogP contribution < -0.4 is 5.73 Å². The minimum absolute atomic E-state index is 0.125. The molecule has 0 amide bonds. The maximum absolute atomic E-state index is 13.3. The standard InChI is InChI=1S/C15H22ClFN2O/c1-15(2,19-5-7-20-8-6-19)14(18)10-11-9-12(17)3-4-13(11)16/h3-4,9,14H,5-8,10,18H2,1-2H3. The number of halogens is 2. The van der Waals surface area contributed by atoms with Crippen molar-refractivity contribution in [3.63, 3.8) is 0 Å². The third-order valence-corrected chi connectivity index (χ3v) is 4.55. The first-order valence-electron chi connectivity index (χ1n) is 6.93. The van der Waals surface area contributed by atoms with Crippen LogP contribution in [0.2, 0.25) is 5.02 Å². The predicted octanol–water partition coefficient (Wildman–Crippen LogP) is 2.46. The van der Waals surface area contributed by atoms with Gasteiger partial charge in [0.05, 0.1) is 13.2 Å². The monoisotopic (exact) mass is 300 g/mol. The molecule has 20 heavy (non-hydrogen) atoms. The minimum Gasteiger partial charge on any atom is -0.379 e. The zero-order valence-electron chi connectivity index (χ0n) is 12.0. The molecule has 1 aliphatic rings. The van der Waals surface area contributed by atoms with Crippen LogP contribution in [0.1, 0.15) is 19.4 Å². The second kappa shape index (κ2) is 6.39. The molecular weight excluding hydrogens is 279 g/mol. The third-order valence-electron chi connectivity index (χ3n) is 4.18. The van der Waals surface area contributed by atoms with Crippen molar-refractivity contribution < 1.29 is 9.13 Å². The molecule has 0 spiro atoms. The van der Waals surface area contributed by atoms with Crippen molar-refractivity contribution in [1.29, 1.82) is 0 Å². The Kier molecular flexibility index (Phi) is 5.02. The van der Waals surface area contributed by atoms with Gasteiger partial charge in [-0.15, -0.1) is 0 Å². The van der Waals surface area contributed by atoms with E-state index in [2.05, 4.69) is 18.7 Å². The molecule has 2 rings (SSSR count). The van der Waals surface area contributed by atoms with E-state index in [1.54, 1.807) is 6.07 Å². The summed E-state index contributed by atoms with van der Waals surface area (Å²) in [4.78, 5) is 2.33. The molecule has 0 saturated carbocycles. The Balaban J connectivity index is 2.09. The fourth-order valence-corrected chi connectivity index (χ4v) is 2.76. The van der Waals surface area contributed by atoms with Crippen molar-refractivity contribution in [2.75, 3.05) is 26.3 Å². The second-order valence-electron chi connectivity index (χ2n) is 5.80. The quantitative estimate of drug-likeness (QED) is 0.928. The van der Waals surface area contributed by atoms with Crippen molar-refractivity contribution in [1.82, 2.24) is 4.90 Å². The Morgan fingerprint density at radius 2 is 2.05 bits per heavy atom. The van der Waals surface area contributed by atoms with Crippen LogP contribution in [-0.2, 0) is 11.2 Å². The summed E-state index contributed by atoms with van der Waals surface area (Å²) in [6, 6.07) is 4.29. The molecule has 1 aliphatic heterocycles. The molecule has 2 N–H and O–H groups in total. The van der Waals surface area contributed by atoms with Crippen LogP contribution in [0.25, 0.3) is 0 Å². The Morgan fingerprint density at radius 1 is 1.40 bits per heavy atom. The summed E-state index contributed by atoms with van der Waals surface area (Å²) < 4.78 is 18.7. The van der Waals surface area contributed by atoms with E-state index < -0.39 is 0 Å². The van der Waals surface area contributed by atoms with Gasteiger partial charge in [-0.2, -0.15) is 0 Å². The number of benzene rings is 1. The Labute approximate surface area is 124 Å². The lowest BCUT2D eigenvalue weighted by atomic mass is 9.88. The topological polar surface area (TPSA) is 38.5 Å². The fraction of sp³-hybridized carbons (Fsp3) is 0.600. The molecule has 1 atom stereocenters. The summed E-state index contributed by atoms with van der Waals surface area (Å²) >= 11 is 6.12. The van der Waals surface area contributed by atoms with E-state index in [1.165, 1.54) is 12.1 Å². The van der Waals surface area contributed by atoms with Gasteiger partial charge in [0.25, 0.3) is 0 Å². The highest BCUT2D eigenvalue weighted by molar-refractivity contribution is 6.31. The highest BCUT2D eigenvalue weighted by Crippen LogP contribution is 2.25. The van der Waals surface area contributed by atoms with Crippen LogP contribution in [0.4, 0.5) is 4.39 Å². The summed E-state index contributed by atoms with van der Waals surface area (Å²) in [5.41, 5.74) is 6.95. The van der Waals surface area contributed by atoms with Gasteiger partial charge < -0.3 is 10.5 Å². The highest BCUT2D eigenvalue weighted by atomic mass is 35.5. The normalized spacial score (nSPS) is 19.1. The second-order valence-corrected chi connectivity index (χ2v) is 6.21. The van der Waals surface area contributed by atoms with Crippen LogP contribution in [0.3, 0.4) is 0 Å². The van der Waals surface area contributed by atoms with E-state index >= 15 is 0 Å².